The van der Waals surface area contributed by atoms with Crippen molar-refractivity contribution in [2.24, 2.45) is 0 Å². The van der Waals surface area contributed by atoms with Gasteiger partial charge in [-0.1, -0.05) is 120 Å². The number of esters is 2. The van der Waals surface area contributed by atoms with Crippen LogP contribution >= 0.6 is 15.6 Å². The average molecular weight is 1010 g/mol. The lowest BCUT2D eigenvalue weighted by Crippen LogP contribution is -2.36. The van der Waals surface area contributed by atoms with Gasteiger partial charge in [-0.3, -0.25) is 28.0 Å². The van der Waals surface area contributed by atoms with Gasteiger partial charge in [-0.2, -0.15) is 9.29 Å². The number of carbonyl (C=O) groups excluding carboxylic acids is 3. The fourth-order valence-corrected chi connectivity index (χ4v) is 8.83. The maximum Gasteiger partial charge on any atom is 0.481 e. The zero-order valence-corrected chi connectivity index (χ0v) is 42.1. The Labute approximate surface area is 407 Å². The van der Waals surface area contributed by atoms with Crippen LogP contribution < -0.4 is 11.4 Å². The van der Waals surface area contributed by atoms with Crippen LogP contribution in [0.2, 0.25) is 0 Å². The third kappa shape index (κ3) is 29.2. The Balaban J connectivity index is 1.86. The second-order valence-electron chi connectivity index (χ2n) is 16.6. The van der Waals surface area contributed by atoms with Crippen LogP contribution in [0, 0.1) is 0 Å². The normalized spacial score (nSPS) is 19.8. The Morgan fingerprint density at radius 1 is 0.739 bits per heavy atom. The number of phosphoric ester groups is 2. The van der Waals surface area contributed by atoms with E-state index in [9.17, 15) is 48.3 Å². The molecular weight excluding hydrogens is 936 g/mol. The molecule has 0 aliphatic carbocycles. The van der Waals surface area contributed by atoms with Gasteiger partial charge in [-0.15, -0.1) is 0 Å². The van der Waals surface area contributed by atoms with Crippen LogP contribution in [0.25, 0.3) is 0 Å². The van der Waals surface area contributed by atoms with Gasteiger partial charge >= 0.3 is 33.3 Å². The number of ketones is 1. The Hall–Kier alpha value is -3.87. The molecule has 0 amide bonds. The number of nitrogens with zero attached hydrogens (tertiary/aromatic N) is 2. The number of aliphatic hydroxyl groups is 2. The van der Waals surface area contributed by atoms with Gasteiger partial charge in [-0.25, -0.2) is 13.9 Å². The van der Waals surface area contributed by atoms with E-state index in [1.54, 1.807) is 12.2 Å². The van der Waals surface area contributed by atoms with Crippen LogP contribution in [0.1, 0.15) is 155 Å². The van der Waals surface area contributed by atoms with Gasteiger partial charge < -0.3 is 39.9 Å². The van der Waals surface area contributed by atoms with E-state index in [2.05, 4.69) is 35.3 Å². The summed E-state index contributed by atoms with van der Waals surface area (Å²) in [6.45, 7) is 1.89. The van der Waals surface area contributed by atoms with Crippen LogP contribution in [0.5, 0.6) is 0 Å². The molecule has 6 N–H and O–H groups in total. The SMILES string of the molecule is CCCCCC/C=C\CCCCCCCC(=O)OC[C@H](COP(=O)(O)OP(=O)(O)OC[C@H]1O[C@@H](n2ccc(N)nc2=O)[C@H](O)[C@@H]1O)OC(=O)CCC/C=C\C/C=C\C/C=C\C=C\C(=O)CCCCC. The molecular formula is C48H77N3O16P2. The Bertz CT molecular complexity index is 1950. The third-order valence-corrected chi connectivity index (χ3v) is 13.2. The molecule has 1 fully saturated rings. The van der Waals surface area contributed by atoms with Crippen molar-refractivity contribution >= 4 is 39.2 Å². The maximum absolute atomic E-state index is 12.8. The molecule has 1 saturated heterocycles. The van der Waals surface area contributed by atoms with E-state index in [4.69, 9.17) is 29.0 Å². The van der Waals surface area contributed by atoms with E-state index in [0.717, 1.165) is 68.6 Å². The molecule has 0 aromatic carbocycles. The fourth-order valence-electron chi connectivity index (χ4n) is 6.72. The second kappa shape index (κ2) is 36.1. The lowest BCUT2D eigenvalue weighted by Gasteiger charge is -2.21. The number of rotatable bonds is 39. The highest BCUT2D eigenvalue weighted by molar-refractivity contribution is 7.61. The monoisotopic (exact) mass is 1010 g/mol. The van der Waals surface area contributed by atoms with Crippen molar-refractivity contribution in [2.75, 3.05) is 25.6 Å². The van der Waals surface area contributed by atoms with Crippen molar-refractivity contribution in [3.63, 3.8) is 0 Å². The van der Waals surface area contributed by atoms with Crippen molar-refractivity contribution in [1.82, 2.24) is 9.55 Å². The van der Waals surface area contributed by atoms with Crippen LogP contribution in [0.4, 0.5) is 5.82 Å². The number of nitrogen functional groups attached to an aromatic ring is 1. The summed E-state index contributed by atoms with van der Waals surface area (Å²) < 4.78 is 56.5. The minimum atomic E-state index is -5.45. The zero-order chi connectivity index (χ0) is 50.8. The van der Waals surface area contributed by atoms with Gasteiger partial charge in [0, 0.05) is 25.5 Å². The first kappa shape index (κ1) is 61.3. The number of hydrogen-bond donors (Lipinski definition) is 5. The van der Waals surface area contributed by atoms with Gasteiger partial charge in [0.25, 0.3) is 0 Å². The molecule has 2 rings (SSSR count). The Morgan fingerprint density at radius 2 is 1.32 bits per heavy atom. The number of ether oxygens (including phenoxy) is 3. The molecule has 0 spiro atoms. The summed E-state index contributed by atoms with van der Waals surface area (Å²) >= 11 is 0. The zero-order valence-electron chi connectivity index (χ0n) is 40.3. The van der Waals surface area contributed by atoms with E-state index in [-0.39, 0.29) is 24.4 Å². The summed E-state index contributed by atoms with van der Waals surface area (Å²) in [6.07, 6.45) is 30.2. The lowest BCUT2D eigenvalue weighted by atomic mass is 10.1. The van der Waals surface area contributed by atoms with E-state index >= 15 is 0 Å². The lowest BCUT2D eigenvalue weighted by molar-refractivity contribution is -0.161. The molecule has 69 heavy (non-hydrogen) atoms. The van der Waals surface area contributed by atoms with Gasteiger partial charge in [-0.05, 0) is 76.4 Å². The molecule has 1 aliphatic heterocycles. The molecule has 1 aromatic heterocycles. The highest BCUT2D eigenvalue weighted by atomic mass is 31.3. The number of allylic oxidation sites excluding steroid dienone is 10. The molecule has 2 heterocycles. The number of aliphatic hydroxyl groups excluding tert-OH is 2. The molecule has 7 atom stereocenters. The summed E-state index contributed by atoms with van der Waals surface area (Å²) in [7, 11) is -10.9. The van der Waals surface area contributed by atoms with E-state index in [1.165, 1.54) is 31.7 Å². The van der Waals surface area contributed by atoms with Gasteiger partial charge in [0.1, 0.15) is 30.7 Å². The van der Waals surface area contributed by atoms with Crippen LogP contribution in [-0.4, -0.2) is 91.5 Å². The summed E-state index contributed by atoms with van der Waals surface area (Å²) in [6, 6.07) is 1.24. The highest BCUT2D eigenvalue weighted by Gasteiger charge is 2.46. The molecule has 0 saturated carbocycles. The summed E-state index contributed by atoms with van der Waals surface area (Å²) in [5.74, 6) is -1.29. The van der Waals surface area contributed by atoms with Crippen LogP contribution in [0.15, 0.2) is 77.8 Å². The number of hydrogen-bond acceptors (Lipinski definition) is 16. The maximum atomic E-state index is 12.8. The van der Waals surface area contributed by atoms with Crippen LogP contribution in [-0.2, 0) is 51.1 Å². The number of anilines is 1. The molecule has 390 valence electrons. The van der Waals surface area contributed by atoms with Crippen molar-refractivity contribution in [1.29, 1.82) is 0 Å². The van der Waals surface area contributed by atoms with E-state index in [0.29, 0.717) is 38.5 Å². The number of aromatic nitrogens is 2. The highest BCUT2D eigenvalue weighted by Crippen LogP contribution is 2.60. The number of phosphoric acid groups is 2. The van der Waals surface area contributed by atoms with E-state index in [1.807, 2.05) is 36.5 Å². The standard InChI is InChI=1S/C48H77N3O16P2/c1-3-5-7-8-9-10-11-12-15-18-21-24-28-32-43(53)62-36-40(65-44(54)33-29-25-22-19-16-13-14-17-20-23-27-31-39(52)30-26-6-4-2)37-63-68(58,59)67-69(60,61)64-38-41-45(55)46(56)47(66-41)51-35-34-42(49)50-48(51)57/h10-11,13-14,19-20,22-23,27,31,34-35,40-41,45-47,55-56H,3-9,12,15-18,21,24-26,28-30,32-33,36-38H2,1-2H3,(H,58,59)(H,60,61)(H2,49,50,57)/b11-10-,14-13-,22-19-,23-20-,31-27+/t40-,41-,45-,46-,47-/m1/s1. The molecule has 0 bridgehead atoms. The van der Waals surface area contributed by atoms with Crippen LogP contribution in [0.3, 0.4) is 0 Å². The summed E-state index contributed by atoms with van der Waals surface area (Å²) in [5, 5.41) is 20.9. The minimum absolute atomic E-state index is 0.0557. The van der Waals surface area contributed by atoms with Crippen molar-refractivity contribution in [2.45, 2.75) is 179 Å². The van der Waals surface area contributed by atoms with E-state index < -0.39 is 83.7 Å². The molecule has 1 aliphatic rings. The average Bonchev–Trinajstić information content (AvgIpc) is 3.58. The largest absolute Gasteiger partial charge is 0.481 e. The summed E-state index contributed by atoms with van der Waals surface area (Å²) in [4.78, 5) is 73.5. The van der Waals surface area contributed by atoms with Crippen molar-refractivity contribution in [3.05, 3.63) is 83.5 Å². The van der Waals surface area contributed by atoms with Crippen molar-refractivity contribution < 1.29 is 71.1 Å². The quantitative estimate of drug-likeness (QED) is 0.0103. The second-order valence-corrected chi connectivity index (χ2v) is 19.7. The summed E-state index contributed by atoms with van der Waals surface area (Å²) in [5.41, 5.74) is 4.57. The Morgan fingerprint density at radius 3 is 2.03 bits per heavy atom. The molecule has 0 radical (unpaired) electrons. The predicted octanol–water partition coefficient (Wildman–Crippen LogP) is 8.73. The smallest absolute Gasteiger partial charge is 0.462 e. The molecule has 21 heteroatoms. The molecule has 2 unspecified atom stereocenters. The number of carbonyl (C=O) groups is 3. The number of unbranched alkanes of at least 4 members (excludes halogenated alkanes) is 12. The molecule has 1 aromatic rings. The first-order chi connectivity index (χ1) is 33.1. The third-order valence-electron chi connectivity index (χ3n) is 10.6. The number of nitrogens with two attached hydrogens (primary N) is 1. The van der Waals surface area contributed by atoms with Gasteiger partial charge in [0.2, 0.25) is 0 Å². The fraction of sp³-hybridized carbons (Fsp3) is 0.646. The predicted molar refractivity (Wildman–Crippen MR) is 261 cm³/mol. The van der Waals surface area contributed by atoms with Gasteiger partial charge in [0.05, 0.1) is 13.2 Å². The Kier molecular flexibility index (Phi) is 32.1. The molecule has 19 nitrogen and oxygen atoms in total. The first-order valence-electron chi connectivity index (χ1n) is 24.3. The van der Waals surface area contributed by atoms with Crippen molar-refractivity contribution in [3.8, 4) is 0 Å². The topological polar surface area (TPSA) is 283 Å². The minimum Gasteiger partial charge on any atom is -0.462 e. The first-order valence-corrected chi connectivity index (χ1v) is 27.2. The van der Waals surface area contributed by atoms with Gasteiger partial charge in [0.15, 0.2) is 18.1 Å².